The van der Waals surface area contributed by atoms with Crippen molar-refractivity contribution in [3.63, 3.8) is 0 Å². The van der Waals surface area contributed by atoms with Crippen molar-refractivity contribution in [1.82, 2.24) is 4.90 Å². The number of likely N-dealkylation sites (N-methyl/N-ethyl adjacent to an activating group) is 1. The Morgan fingerprint density at radius 1 is 1.10 bits per heavy atom. The van der Waals surface area contributed by atoms with Gasteiger partial charge in [-0.3, -0.25) is 4.79 Å². The molecule has 0 aliphatic heterocycles. The minimum atomic E-state index is 0.150. The molecule has 3 N–H and O–H groups in total. The molecule has 0 radical (unpaired) electrons. The molecule has 31 heavy (non-hydrogen) atoms. The number of benzene rings is 2. The van der Waals surface area contributed by atoms with Crippen LogP contribution in [0.1, 0.15) is 59.9 Å². The molecule has 0 saturated heterocycles. The van der Waals surface area contributed by atoms with Crippen LogP contribution < -0.4 is 5.73 Å². The van der Waals surface area contributed by atoms with Crippen LogP contribution in [-0.4, -0.2) is 43.7 Å². The number of aryl methyl sites for hydroxylation is 1. The first kappa shape index (κ1) is 25.1. The van der Waals surface area contributed by atoms with E-state index in [1.165, 1.54) is 47.9 Å². The summed E-state index contributed by atoms with van der Waals surface area (Å²) in [4.78, 5) is 13.5. The lowest BCUT2D eigenvalue weighted by molar-refractivity contribution is -0.127. The fourth-order valence-corrected chi connectivity index (χ4v) is 4.51. The predicted molar refractivity (Wildman–Crippen MR) is 129 cm³/mol. The third-order valence-corrected chi connectivity index (χ3v) is 6.36. The maximum Gasteiger partial charge on any atom is 0.226 e. The van der Waals surface area contributed by atoms with Gasteiger partial charge < -0.3 is 15.7 Å². The van der Waals surface area contributed by atoms with Gasteiger partial charge in [-0.2, -0.15) is 0 Å². The molecule has 4 nitrogen and oxygen atoms in total. The first-order valence-electron chi connectivity index (χ1n) is 11.5. The van der Waals surface area contributed by atoms with Crippen LogP contribution >= 0.6 is 0 Å². The highest BCUT2D eigenvalue weighted by Crippen LogP contribution is 2.31. The van der Waals surface area contributed by atoms with Crippen LogP contribution in [0.3, 0.4) is 0 Å². The van der Waals surface area contributed by atoms with E-state index < -0.39 is 0 Å². The summed E-state index contributed by atoms with van der Waals surface area (Å²) in [6.07, 6.45) is 7.54. The molecule has 1 amide bonds. The minimum absolute atomic E-state index is 0.150. The lowest BCUT2D eigenvalue weighted by Crippen LogP contribution is -2.23. The number of nitrogens with zero attached hydrogens (tertiary/aromatic N) is 1. The second-order valence-corrected chi connectivity index (χ2v) is 8.84. The Bertz CT molecular complexity index is 814. The van der Waals surface area contributed by atoms with Crippen LogP contribution in [0.25, 0.3) is 0 Å². The zero-order valence-electron chi connectivity index (χ0n) is 19.7. The van der Waals surface area contributed by atoms with Gasteiger partial charge in [0.15, 0.2) is 0 Å². The van der Waals surface area contributed by atoms with Crippen molar-refractivity contribution in [3.05, 3.63) is 70.3 Å². The molecule has 0 heterocycles. The smallest absolute Gasteiger partial charge is 0.226 e. The summed E-state index contributed by atoms with van der Waals surface area (Å²) in [6, 6.07) is 15.7. The Kier molecular flexibility index (Phi) is 10.2. The van der Waals surface area contributed by atoms with E-state index in [1.807, 2.05) is 0 Å². The second kappa shape index (κ2) is 12.6. The normalized spacial score (nSPS) is 16.0. The van der Waals surface area contributed by atoms with Gasteiger partial charge in [-0.05, 0) is 78.3 Å². The zero-order chi connectivity index (χ0) is 22.8. The average Bonchev–Trinajstić information content (AvgIpc) is 2.79. The highest BCUT2D eigenvalue weighted by Gasteiger charge is 2.20. The van der Waals surface area contributed by atoms with Gasteiger partial charge in [0.1, 0.15) is 0 Å². The van der Waals surface area contributed by atoms with Crippen molar-refractivity contribution in [2.45, 2.75) is 57.8 Å². The Morgan fingerprint density at radius 2 is 1.77 bits per heavy atom. The second-order valence-electron chi connectivity index (χ2n) is 8.84. The molecule has 0 aromatic heterocycles. The number of aliphatic hydroxyl groups excluding tert-OH is 1. The number of amides is 1. The highest BCUT2D eigenvalue weighted by molar-refractivity contribution is 5.78. The Morgan fingerprint density at radius 3 is 2.39 bits per heavy atom. The molecular formula is C27H40N2O2. The Balaban J connectivity index is 0.00000166. The first-order valence-corrected chi connectivity index (χ1v) is 11.5. The van der Waals surface area contributed by atoms with Crippen molar-refractivity contribution in [2.75, 3.05) is 27.7 Å². The molecule has 1 aliphatic rings. The van der Waals surface area contributed by atoms with Crippen LogP contribution in [0, 0.1) is 5.92 Å². The number of nitrogens with two attached hydrogens (primary N) is 1. The summed E-state index contributed by atoms with van der Waals surface area (Å²) in [7, 11) is 4.61. The molecule has 1 aliphatic carbocycles. The SMILES string of the molecule is CCCC(CN)c1ccc2c(c1)CCC(Cc1ccc(CC(=O)N(C)C)cc1)C2.CO. The van der Waals surface area contributed by atoms with Gasteiger partial charge in [0, 0.05) is 21.2 Å². The molecule has 2 aromatic rings. The third kappa shape index (κ3) is 7.19. The van der Waals surface area contributed by atoms with E-state index in [0.29, 0.717) is 18.3 Å². The molecule has 0 spiro atoms. The summed E-state index contributed by atoms with van der Waals surface area (Å²) in [5.74, 6) is 1.35. The summed E-state index contributed by atoms with van der Waals surface area (Å²) in [6.45, 7) is 2.98. The lowest BCUT2D eigenvalue weighted by Gasteiger charge is -2.26. The molecule has 2 atom stereocenters. The number of carbonyl (C=O) groups is 1. The molecule has 0 saturated carbocycles. The van der Waals surface area contributed by atoms with E-state index in [4.69, 9.17) is 10.8 Å². The van der Waals surface area contributed by atoms with Gasteiger partial charge in [-0.15, -0.1) is 0 Å². The molecule has 3 rings (SSSR count). The van der Waals surface area contributed by atoms with E-state index in [2.05, 4.69) is 49.4 Å². The van der Waals surface area contributed by atoms with E-state index in [9.17, 15) is 4.79 Å². The van der Waals surface area contributed by atoms with Crippen molar-refractivity contribution in [3.8, 4) is 0 Å². The average molecular weight is 425 g/mol. The quantitative estimate of drug-likeness (QED) is 0.670. The van der Waals surface area contributed by atoms with Crippen LogP contribution in [0.5, 0.6) is 0 Å². The summed E-state index contributed by atoms with van der Waals surface area (Å²) < 4.78 is 0. The summed E-state index contributed by atoms with van der Waals surface area (Å²) >= 11 is 0. The maximum atomic E-state index is 11.9. The Hall–Kier alpha value is -2.17. The van der Waals surface area contributed by atoms with Crippen molar-refractivity contribution >= 4 is 5.91 Å². The number of carbonyl (C=O) groups excluding carboxylic acids is 1. The molecule has 2 aromatic carbocycles. The monoisotopic (exact) mass is 424 g/mol. The first-order chi connectivity index (χ1) is 15.0. The van der Waals surface area contributed by atoms with Crippen LogP contribution in [0.15, 0.2) is 42.5 Å². The van der Waals surface area contributed by atoms with E-state index in [1.54, 1.807) is 19.0 Å². The maximum absolute atomic E-state index is 11.9. The number of hydrogen-bond acceptors (Lipinski definition) is 3. The lowest BCUT2D eigenvalue weighted by atomic mass is 9.79. The molecule has 4 heteroatoms. The molecule has 0 fully saturated rings. The van der Waals surface area contributed by atoms with E-state index in [-0.39, 0.29) is 5.91 Å². The van der Waals surface area contributed by atoms with E-state index >= 15 is 0 Å². The van der Waals surface area contributed by atoms with Gasteiger partial charge in [0.2, 0.25) is 5.91 Å². The topological polar surface area (TPSA) is 66.6 Å². The van der Waals surface area contributed by atoms with Crippen molar-refractivity contribution in [2.24, 2.45) is 11.7 Å². The van der Waals surface area contributed by atoms with Gasteiger partial charge >= 0.3 is 0 Å². The number of fused-ring (bicyclic) bond motifs is 1. The standard InChI is InChI=1S/C26H36N2O.CH4O/c1-4-5-25(18-27)24-13-12-22-15-21(10-11-23(22)17-24)14-19-6-8-20(9-7-19)16-26(29)28(2)3;1-2/h6-9,12-13,17,21,25H,4-5,10-11,14-16,18,27H2,1-3H3;2H,1H3. The predicted octanol–water partition coefficient (Wildman–Crippen LogP) is 4.12. The molecule has 0 bridgehead atoms. The number of rotatable bonds is 8. The highest BCUT2D eigenvalue weighted by atomic mass is 16.2. The minimum Gasteiger partial charge on any atom is -0.400 e. The molecule has 170 valence electrons. The Labute approximate surface area is 188 Å². The number of hydrogen-bond donors (Lipinski definition) is 2. The fraction of sp³-hybridized carbons (Fsp3) is 0.519. The molecule has 2 unspecified atom stereocenters. The summed E-state index contributed by atoms with van der Waals surface area (Å²) in [5.41, 5.74) is 13.0. The molecular weight excluding hydrogens is 384 g/mol. The van der Waals surface area contributed by atoms with Crippen LogP contribution in [0.4, 0.5) is 0 Å². The van der Waals surface area contributed by atoms with Crippen LogP contribution in [0.2, 0.25) is 0 Å². The fourth-order valence-electron chi connectivity index (χ4n) is 4.51. The largest absolute Gasteiger partial charge is 0.400 e. The summed E-state index contributed by atoms with van der Waals surface area (Å²) in [5, 5.41) is 7.00. The number of aliphatic hydroxyl groups is 1. The van der Waals surface area contributed by atoms with Gasteiger partial charge in [0.05, 0.1) is 6.42 Å². The van der Waals surface area contributed by atoms with Gasteiger partial charge in [-0.25, -0.2) is 0 Å². The van der Waals surface area contributed by atoms with Gasteiger partial charge in [-0.1, -0.05) is 55.8 Å². The van der Waals surface area contributed by atoms with Gasteiger partial charge in [0.25, 0.3) is 0 Å². The van der Waals surface area contributed by atoms with E-state index in [0.717, 1.165) is 32.1 Å². The zero-order valence-corrected chi connectivity index (χ0v) is 19.7. The van der Waals surface area contributed by atoms with Crippen LogP contribution in [-0.2, 0) is 30.5 Å². The van der Waals surface area contributed by atoms with Crippen molar-refractivity contribution in [1.29, 1.82) is 0 Å². The van der Waals surface area contributed by atoms with Crippen molar-refractivity contribution < 1.29 is 9.90 Å². The third-order valence-electron chi connectivity index (χ3n) is 6.36.